The van der Waals surface area contributed by atoms with E-state index >= 15 is 0 Å². The molecule has 0 atom stereocenters. The lowest BCUT2D eigenvalue weighted by atomic mass is 10.1. The van der Waals surface area contributed by atoms with Gasteiger partial charge in [0.25, 0.3) is 12.4 Å². The van der Waals surface area contributed by atoms with E-state index < -0.39 is 0 Å². The van der Waals surface area contributed by atoms with Gasteiger partial charge in [0, 0.05) is 26.2 Å². The number of halogens is 3. The lowest BCUT2D eigenvalue weighted by molar-refractivity contribution is 0.278. The second-order valence-corrected chi connectivity index (χ2v) is 6.06. The van der Waals surface area contributed by atoms with E-state index in [0.717, 1.165) is 15.8 Å². The number of hydrogen-bond acceptors (Lipinski definition) is 4. The predicted molar refractivity (Wildman–Crippen MR) is 89.9 cm³/mol. The third kappa shape index (κ3) is 4.07. The van der Waals surface area contributed by atoms with Crippen molar-refractivity contribution in [3.63, 3.8) is 0 Å². The Kier molecular flexibility index (Phi) is 6.37. The lowest BCUT2D eigenvalue weighted by Crippen LogP contribution is -2.00. The van der Waals surface area contributed by atoms with Crippen LogP contribution in [0.5, 0.6) is 11.5 Å². The van der Waals surface area contributed by atoms with Gasteiger partial charge in [0.1, 0.15) is 18.1 Å². The largest absolute Gasteiger partial charge is 0.489 e. The van der Waals surface area contributed by atoms with Crippen LogP contribution in [0.4, 0.5) is 3.89 Å². The predicted octanol–water partition coefficient (Wildman–Crippen LogP) is 5.39. The number of aliphatic hydroxyl groups excluding tert-OH is 1. The molecule has 2 aromatic carbocycles. The van der Waals surface area contributed by atoms with Gasteiger partial charge in [-0.15, -0.1) is 3.89 Å². The van der Waals surface area contributed by atoms with Crippen molar-refractivity contribution < 1.29 is 17.9 Å². The number of benzene rings is 2. The molecular weight excluding hydrogens is 395 g/mol. The second-order valence-electron chi connectivity index (χ2n) is 4.51. The van der Waals surface area contributed by atoms with Crippen molar-refractivity contribution in [1.29, 1.82) is 0 Å². The van der Waals surface area contributed by atoms with Gasteiger partial charge in [0.15, 0.2) is 0 Å². The number of ether oxygens (including phenoxy) is 1. The van der Waals surface area contributed by atoms with Crippen LogP contribution in [0, 0.1) is 6.92 Å². The Bertz CT molecular complexity index is 669. The SMILES string of the molecule is Cc1c(Br)cccc1OCc1cc(OSF)c(CO)cc1Cl. The minimum Gasteiger partial charge on any atom is -0.489 e. The van der Waals surface area contributed by atoms with Gasteiger partial charge in [-0.1, -0.05) is 33.6 Å². The van der Waals surface area contributed by atoms with Gasteiger partial charge in [0.2, 0.25) is 0 Å². The molecule has 0 bridgehead atoms. The fraction of sp³-hybridized carbons (Fsp3) is 0.200. The zero-order chi connectivity index (χ0) is 16.1. The zero-order valence-electron chi connectivity index (χ0n) is 11.6. The van der Waals surface area contributed by atoms with Crippen LogP contribution in [0.15, 0.2) is 34.8 Å². The first-order valence-electron chi connectivity index (χ1n) is 6.32. The summed E-state index contributed by atoms with van der Waals surface area (Å²) in [5, 5.41) is 9.65. The van der Waals surface area contributed by atoms with Gasteiger partial charge in [-0.3, -0.25) is 0 Å². The van der Waals surface area contributed by atoms with Gasteiger partial charge in [-0.25, -0.2) is 0 Å². The molecule has 0 aliphatic heterocycles. The summed E-state index contributed by atoms with van der Waals surface area (Å²) in [5.41, 5.74) is 2.03. The molecule has 0 saturated heterocycles. The molecule has 118 valence electrons. The van der Waals surface area contributed by atoms with Crippen LogP contribution in [0.1, 0.15) is 16.7 Å². The summed E-state index contributed by atoms with van der Waals surface area (Å²) in [5.74, 6) is 0.947. The van der Waals surface area contributed by atoms with Crippen LogP contribution in [-0.4, -0.2) is 5.11 Å². The van der Waals surface area contributed by atoms with Crippen molar-refractivity contribution in [3.05, 3.63) is 56.5 Å². The minimum absolute atomic E-state index is 0.204. The maximum absolute atomic E-state index is 12.3. The normalized spacial score (nSPS) is 10.6. The van der Waals surface area contributed by atoms with E-state index in [1.807, 2.05) is 25.1 Å². The first-order chi connectivity index (χ1) is 10.6. The van der Waals surface area contributed by atoms with Crippen molar-refractivity contribution >= 4 is 40.0 Å². The molecule has 2 rings (SSSR count). The van der Waals surface area contributed by atoms with Crippen molar-refractivity contribution in [3.8, 4) is 11.5 Å². The molecule has 0 aliphatic carbocycles. The third-order valence-corrected chi connectivity index (χ3v) is 4.58. The van der Waals surface area contributed by atoms with E-state index in [2.05, 4.69) is 15.9 Å². The molecular formula is C15H13BrClFO3S. The maximum Gasteiger partial charge on any atom is 0.272 e. The van der Waals surface area contributed by atoms with Crippen LogP contribution < -0.4 is 8.92 Å². The Morgan fingerprint density at radius 2 is 2.05 bits per heavy atom. The molecule has 0 fully saturated rings. The van der Waals surface area contributed by atoms with E-state index in [4.69, 9.17) is 20.5 Å². The van der Waals surface area contributed by atoms with Crippen LogP contribution >= 0.6 is 40.0 Å². The summed E-state index contributed by atoms with van der Waals surface area (Å²) >= 11 is 9.32. The quantitative estimate of drug-likeness (QED) is 0.651. The molecule has 1 N–H and O–H groups in total. The van der Waals surface area contributed by atoms with E-state index in [0.29, 0.717) is 16.1 Å². The highest BCUT2D eigenvalue weighted by molar-refractivity contribution is 9.10. The average Bonchev–Trinajstić information content (AvgIpc) is 2.51. The Labute approximate surface area is 146 Å². The smallest absolute Gasteiger partial charge is 0.272 e. The number of aliphatic hydroxyl groups is 1. The fourth-order valence-electron chi connectivity index (χ4n) is 1.88. The fourth-order valence-corrected chi connectivity index (χ4v) is 2.69. The van der Waals surface area contributed by atoms with E-state index in [9.17, 15) is 8.99 Å². The van der Waals surface area contributed by atoms with Gasteiger partial charge >= 0.3 is 0 Å². The third-order valence-electron chi connectivity index (χ3n) is 3.12. The Morgan fingerprint density at radius 3 is 2.73 bits per heavy atom. The lowest BCUT2D eigenvalue weighted by Gasteiger charge is -2.13. The molecule has 0 aliphatic rings. The molecule has 0 radical (unpaired) electrons. The summed E-state index contributed by atoms with van der Waals surface area (Å²) in [6.07, 6.45) is 0. The molecule has 0 spiro atoms. The summed E-state index contributed by atoms with van der Waals surface area (Å²) < 4.78 is 23.8. The van der Waals surface area contributed by atoms with E-state index in [-0.39, 0.29) is 31.4 Å². The van der Waals surface area contributed by atoms with Crippen molar-refractivity contribution in [2.45, 2.75) is 20.1 Å². The van der Waals surface area contributed by atoms with Crippen molar-refractivity contribution in [1.82, 2.24) is 0 Å². The standard InChI is InChI=1S/C15H13BrClFO3S/c1-9-12(16)3-2-4-14(9)20-8-11-6-15(21-22-18)10(7-19)5-13(11)17/h2-6,19H,7-8H2,1H3. The minimum atomic E-state index is -0.290. The van der Waals surface area contributed by atoms with Crippen LogP contribution in [0.25, 0.3) is 0 Å². The molecule has 3 nitrogen and oxygen atoms in total. The zero-order valence-corrected chi connectivity index (χ0v) is 14.8. The molecule has 2 aromatic rings. The van der Waals surface area contributed by atoms with E-state index in [1.165, 1.54) is 0 Å². The number of hydrogen-bond donors (Lipinski definition) is 1. The van der Waals surface area contributed by atoms with Gasteiger partial charge in [0.05, 0.1) is 6.61 Å². The topological polar surface area (TPSA) is 38.7 Å². The summed E-state index contributed by atoms with van der Waals surface area (Å²) in [6, 6.07) is 8.76. The molecule has 7 heteroatoms. The highest BCUT2D eigenvalue weighted by Gasteiger charge is 2.12. The molecule has 0 saturated carbocycles. The highest BCUT2D eigenvalue weighted by Crippen LogP contribution is 2.32. The Hall–Kier alpha value is -0.950. The first kappa shape index (κ1) is 17.4. The van der Waals surface area contributed by atoms with Crippen molar-refractivity contribution in [2.24, 2.45) is 0 Å². The Balaban J connectivity index is 2.22. The van der Waals surface area contributed by atoms with Gasteiger partial charge < -0.3 is 14.0 Å². The highest BCUT2D eigenvalue weighted by atomic mass is 79.9. The average molecular weight is 408 g/mol. The molecule has 0 amide bonds. The van der Waals surface area contributed by atoms with Crippen molar-refractivity contribution in [2.75, 3.05) is 0 Å². The van der Waals surface area contributed by atoms with Crippen LogP contribution in [-0.2, 0) is 13.2 Å². The summed E-state index contributed by atoms with van der Waals surface area (Å²) in [6.45, 7) is 1.85. The second kappa shape index (κ2) is 8.06. The Morgan fingerprint density at radius 1 is 1.27 bits per heavy atom. The van der Waals surface area contributed by atoms with Crippen LogP contribution in [0.2, 0.25) is 5.02 Å². The first-order valence-corrected chi connectivity index (χ1v) is 8.13. The monoisotopic (exact) mass is 406 g/mol. The summed E-state index contributed by atoms with van der Waals surface area (Å²) in [4.78, 5) is 0. The van der Waals surface area contributed by atoms with Gasteiger partial charge in [-0.2, -0.15) is 0 Å². The number of rotatable bonds is 6. The molecule has 0 unspecified atom stereocenters. The van der Waals surface area contributed by atoms with Crippen LogP contribution in [0.3, 0.4) is 0 Å². The molecule has 0 aromatic heterocycles. The van der Waals surface area contributed by atoms with E-state index in [1.54, 1.807) is 12.1 Å². The molecule has 22 heavy (non-hydrogen) atoms. The molecule has 0 heterocycles. The summed E-state index contributed by atoms with van der Waals surface area (Å²) in [7, 11) is 0. The maximum atomic E-state index is 12.3. The van der Waals surface area contributed by atoms with Gasteiger partial charge in [-0.05, 0) is 31.2 Å².